The zero-order valence-electron chi connectivity index (χ0n) is 16.1. The van der Waals surface area contributed by atoms with Gasteiger partial charge in [0.2, 0.25) is 0 Å². The molecule has 0 aliphatic heterocycles. The number of rotatable bonds is 6. The van der Waals surface area contributed by atoms with Crippen LogP contribution < -0.4 is 15.9 Å². The summed E-state index contributed by atoms with van der Waals surface area (Å²) in [6, 6.07) is 36.3. The first kappa shape index (κ1) is 20.3. The summed E-state index contributed by atoms with van der Waals surface area (Å²) in [6.45, 7) is 0. The molecule has 3 nitrogen and oxygen atoms in total. The van der Waals surface area contributed by atoms with E-state index in [0.29, 0.717) is 10.6 Å². The van der Waals surface area contributed by atoms with E-state index in [0.717, 1.165) is 15.9 Å². The van der Waals surface area contributed by atoms with Gasteiger partial charge in [-0.1, -0.05) is 0 Å². The number of benzene rings is 4. The Morgan fingerprint density at radius 2 is 1.10 bits per heavy atom. The molecule has 0 bridgehead atoms. The fourth-order valence-electron chi connectivity index (χ4n) is 3.43. The van der Waals surface area contributed by atoms with Crippen molar-refractivity contribution < 1.29 is 14.4 Å². The van der Waals surface area contributed by atoms with Crippen molar-refractivity contribution in [3.05, 3.63) is 126 Å². The number of carbonyl (C=O) groups is 1. The molecule has 0 unspecified atom stereocenters. The van der Waals surface area contributed by atoms with Crippen molar-refractivity contribution in [3.63, 3.8) is 0 Å². The third kappa shape index (κ3) is 4.15. The van der Waals surface area contributed by atoms with Crippen molar-refractivity contribution in [2.24, 2.45) is 0 Å². The average Bonchev–Trinajstić information content (AvgIpc) is 2.81. The van der Waals surface area contributed by atoms with Gasteiger partial charge in [0.05, 0.1) is 0 Å². The van der Waals surface area contributed by atoms with Crippen LogP contribution in [-0.2, 0) is 9.56 Å². The van der Waals surface area contributed by atoms with Crippen LogP contribution in [0.3, 0.4) is 0 Å². The van der Waals surface area contributed by atoms with Gasteiger partial charge in [-0.25, -0.2) is 0 Å². The molecular weight excluding hydrogens is 415 g/mol. The van der Waals surface area contributed by atoms with E-state index in [4.69, 9.17) is 21.2 Å². The summed E-state index contributed by atoms with van der Waals surface area (Å²) in [5, 5.41) is 3.38. The van der Waals surface area contributed by atoms with Gasteiger partial charge < -0.3 is 0 Å². The monoisotopic (exact) mass is 434 g/mol. The van der Waals surface area contributed by atoms with Crippen LogP contribution in [-0.4, -0.2) is 5.97 Å². The van der Waals surface area contributed by atoms with Crippen molar-refractivity contribution in [1.29, 1.82) is 0 Å². The molecule has 0 aliphatic carbocycles. The summed E-state index contributed by atoms with van der Waals surface area (Å²) in [4.78, 5) is 18.2. The molecule has 0 aromatic heterocycles. The standard InChI is InChI=1S/C25H20ClO3P/c26-21-12-10-11-20(19-21)25(27)28-29-30(22-13-4-1-5-14-22,23-15-6-2-7-16-23)24-17-8-3-9-18-24/h1-19,30H. The van der Waals surface area contributed by atoms with Crippen molar-refractivity contribution in [3.8, 4) is 0 Å². The van der Waals surface area contributed by atoms with Crippen LogP contribution in [0.15, 0.2) is 115 Å². The maximum absolute atomic E-state index is 12.8. The Hall–Kier alpha value is -2.97. The SMILES string of the molecule is O=C(OO[PH](c1ccccc1)(c1ccccc1)c1ccccc1)c1cccc(Cl)c1. The zero-order valence-corrected chi connectivity index (χ0v) is 17.8. The van der Waals surface area contributed by atoms with E-state index in [9.17, 15) is 4.79 Å². The Bertz CT molecular complexity index is 1020. The van der Waals surface area contributed by atoms with Crippen LogP contribution >= 0.6 is 19.1 Å². The molecule has 0 saturated heterocycles. The van der Waals surface area contributed by atoms with Crippen LogP contribution in [0.5, 0.6) is 0 Å². The van der Waals surface area contributed by atoms with E-state index in [1.165, 1.54) is 0 Å². The Labute approximate surface area is 181 Å². The maximum atomic E-state index is 12.8. The van der Waals surface area contributed by atoms with Gasteiger partial charge in [0.25, 0.3) is 0 Å². The third-order valence-corrected chi connectivity index (χ3v) is 8.85. The Balaban J connectivity index is 1.82. The second kappa shape index (κ2) is 9.23. The van der Waals surface area contributed by atoms with Gasteiger partial charge in [-0.05, 0) is 0 Å². The van der Waals surface area contributed by atoms with Gasteiger partial charge in [-0.15, -0.1) is 0 Å². The predicted octanol–water partition coefficient (Wildman–Crippen LogP) is 5.07. The quantitative estimate of drug-likeness (QED) is 0.241. The summed E-state index contributed by atoms with van der Waals surface area (Å²) >= 11 is 6.03. The number of hydrogen-bond donors (Lipinski definition) is 0. The van der Waals surface area contributed by atoms with Gasteiger partial charge in [-0.2, -0.15) is 0 Å². The van der Waals surface area contributed by atoms with Crippen molar-refractivity contribution >= 4 is 41.0 Å². The molecule has 4 rings (SSSR count). The summed E-state index contributed by atoms with van der Waals surface area (Å²) in [5.41, 5.74) is 0.333. The third-order valence-electron chi connectivity index (χ3n) is 4.84. The molecule has 0 aliphatic rings. The predicted molar refractivity (Wildman–Crippen MR) is 124 cm³/mol. The van der Waals surface area contributed by atoms with E-state index >= 15 is 0 Å². The Kier molecular flexibility index (Phi) is 6.25. The zero-order chi connectivity index (χ0) is 20.8. The molecule has 0 spiro atoms. The molecule has 0 radical (unpaired) electrons. The summed E-state index contributed by atoms with van der Waals surface area (Å²) < 4.78 is 6.19. The van der Waals surface area contributed by atoms with Gasteiger partial charge in [-0.3, -0.25) is 0 Å². The van der Waals surface area contributed by atoms with E-state index in [2.05, 4.69) is 0 Å². The van der Waals surface area contributed by atoms with Crippen LogP contribution in [0.4, 0.5) is 0 Å². The molecule has 4 aromatic carbocycles. The van der Waals surface area contributed by atoms with E-state index in [-0.39, 0.29) is 0 Å². The van der Waals surface area contributed by atoms with Gasteiger partial charge >= 0.3 is 181 Å². The van der Waals surface area contributed by atoms with E-state index < -0.39 is 13.5 Å². The van der Waals surface area contributed by atoms with E-state index in [1.54, 1.807) is 24.3 Å². The van der Waals surface area contributed by atoms with Crippen molar-refractivity contribution in [1.82, 2.24) is 0 Å². The van der Waals surface area contributed by atoms with Crippen LogP contribution in [0.1, 0.15) is 10.4 Å². The molecule has 150 valence electrons. The first-order valence-corrected chi connectivity index (χ1v) is 11.8. The molecule has 5 heteroatoms. The molecule has 30 heavy (non-hydrogen) atoms. The van der Waals surface area contributed by atoms with Crippen molar-refractivity contribution in [2.75, 3.05) is 0 Å². The summed E-state index contributed by atoms with van der Waals surface area (Å²) in [6.07, 6.45) is 0. The fourth-order valence-corrected chi connectivity index (χ4v) is 7.09. The summed E-state index contributed by atoms with van der Waals surface area (Å²) in [5.74, 6) is -0.586. The average molecular weight is 435 g/mol. The molecule has 0 atom stereocenters. The molecule has 0 saturated carbocycles. The first-order valence-electron chi connectivity index (χ1n) is 9.52. The number of carbonyl (C=O) groups excluding carboxylic acids is 1. The molecular formula is C25H20ClO3P. The summed E-state index contributed by atoms with van der Waals surface area (Å²) in [7, 11) is -3.11. The van der Waals surface area contributed by atoms with E-state index in [1.807, 2.05) is 91.0 Å². The van der Waals surface area contributed by atoms with Crippen LogP contribution in [0.25, 0.3) is 0 Å². The Morgan fingerprint density at radius 1 is 0.633 bits per heavy atom. The van der Waals surface area contributed by atoms with Crippen LogP contribution in [0, 0.1) is 0 Å². The number of halogens is 1. The molecule has 0 N–H and O–H groups in total. The Morgan fingerprint density at radius 3 is 1.53 bits per heavy atom. The molecule has 4 aromatic rings. The van der Waals surface area contributed by atoms with Gasteiger partial charge in [0, 0.05) is 0 Å². The van der Waals surface area contributed by atoms with Crippen molar-refractivity contribution in [2.45, 2.75) is 0 Å². The van der Waals surface area contributed by atoms with Gasteiger partial charge in [0.1, 0.15) is 0 Å². The van der Waals surface area contributed by atoms with Gasteiger partial charge in [0.15, 0.2) is 0 Å². The molecule has 0 heterocycles. The topological polar surface area (TPSA) is 35.5 Å². The minimum atomic E-state index is -3.11. The van der Waals surface area contributed by atoms with Crippen LogP contribution in [0.2, 0.25) is 5.02 Å². The number of hydrogen-bond acceptors (Lipinski definition) is 3. The molecule has 0 fully saturated rings. The fraction of sp³-hybridized carbons (Fsp3) is 0. The second-order valence-electron chi connectivity index (χ2n) is 6.74. The molecule has 0 amide bonds. The normalized spacial score (nSPS) is 11.6. The second-order valence-corrected chi connectivity index (χ2v) is 10.4. The first-order chi connectivity index (χ1) is 14.7. The minimum absolute atomic E-state index is 0.333.